The third-order valence-electron chi connectivity index (χ3n) is 2.94. The summed E-state index contributed by atoms with van der Waals surface area (Å²) in [5, 5.41) is 3.80. The van der Waals surface area contributed by atoms with Crippen molar-refractivity contribution in [1.29, 1.82) is 0 Å². The molecule has 1 aliphatic rings. The number of nitrogens with zero attached hydrogens (tertiary/aromatic N) is 1. The van der Waals surface area contributed by atoms with Crippen LogP contribution >= 0.6 is 0 Å². The fraction of sp³-hybridized carbons (Fsp3) is 0.417. The normalized spacial score (nSPS) is 17.0. The van der Waals surface area contributed by atoms with E-state index in [1.807, 2.05) is 6.92 Å². The molecule has 92 valence electrons. The maximum atomic E-state index is 11.8. The Bertz CT molecular complexity index is 502. The minimum atomic E-state index is -3.50. The van der Waals surface area contributed by atoms with Gasteiger partial charge in [0.05, 0.1) is 4.90 Å². The lowest BCUT2D eigenvalue weighted by molar-refractivity contribution is 0.419. The average molecular weight is 252 g/mol. The molecule has 0 bridgehead atoms. The molecule has 0 aromatic heterocycles. The second-order valence-corrected chi connectivity index (χ2v) is 6.04. The molecule has 0 atom stereocenters. The number of sulfonamides is 1. The van der Waals surface area contributed by atoms with E-state index >= 15 is 0 Å². The van der Waals surface area contributed by atoms with Crippen molar-refractivity contribution in [3.8, 4) is 0 Å². The van der Waals surface area contributed by atoms with Gasteiger partial charge in [0.2, 0.25) is 0 Å². The molecule has 0 unspecified atom stereocenters. The predicted molar refractivity (Wildman–Crippen MR) is 67.3 cm³/mol. The van der Waals surface area contributed by atoms with Gasteiger partial charge in [0.15, 0.2) is 0 Å². The Hall–Kier alpha value is -1.36. The molecule has 2 rings (SSSR count). The summed E-state index contributed by atoms with van der Waals surface area (Å²) in [4.78, 5) is 2.48. The van der Waals surface area contributed by atoms with E-state index in [2.05, 4.69) is 9.93 Å². The molecule has 1 aromatic carbocycles. The van der Waals surface area contributed by atoms with Crippen molar-refractivity contribution in [3.63, 3.8) is 0 Å². The van der Waals surface area contributed by atoms with Gasteiger partial charge in [-0.1, -0.05) is 24.1 Å². The maximum Gasteiger partial charge on any atom is 0.276 e. The number of rotatable bonds is 4. The van der Waals surface area contributed by atoms with Gasteiger partial charge < -0.3 is 0 Å². The molecule has 5 heteroatoms. The molecular weight excluding hydrogens is 236 g/mol. The summed E-state index contributed by atoms with van der Waals surface area (Å²) in [6.45, 7) is 1.92. The van der Waals surface area contributed by atoms with Crippen molar-refractivity contribution in [1.82, 2.24) is 4.83 Å². The Labute approximate surface area is 102 Å². The average Bonchev–Trinajstić information content (AvgIpc) is 2.22. The molecule has 0 spiro atoms. The van der Waals surface area contributed by atoms with Gasteiger partial charge in [-0.05, 0) is 37.8 Å². The van der Waals surface area contributed by atoms with Crippen LogP contribution in [0.5, 0.6) is 0 Å². The van der Waals surface area contributed by atoms with Gasteiger partial charge >= 0.3 is 0 Å². The van der Waals surface area contributed by atoms with Gasteiger partial charge in [0.25, 0.3) is 10.0 Å². The monoisotopic (exact) mass is 252 g/mol. The number of hydrogen-bond donors (Lipinski definition) is 1. The lowest BCUT2D eigenvalue weighted by Gasteiger charge is -2.20. The number of hydrazone groups is 1. The molecular formula is C12H16N2O2S. The van der Waals surface area contributed by atoms with Crippen LogP contribution in [-0.2, 0) is 10.0 Å². The third kappa shape index (κ3) is 3.06. The molecule has 0 amide bonds. The van der Waals surface area contributed by atoms with E-state index in [1.54, 1.807) is 30.5 Å². The lowest BCUT2D eigenvalue weighted by atomic mass is 9.87. The highest BCUT2D eigenvalue weighted by Gasteiger charge is 2.16. The molecule has 1 fully saturated rings. The summed E-state index contributed by atoms with van der Waals surface area (Å²) in [6.07, 6.45) is 5.11. The molecule has 17 heavy (non-hydrogen) atoms. The fourth-order valence-corrected chi connectivity index (χ4v) is 2.36. The summed E-state index contributed by atoms with van der Waals surface area (Å²) in [7, 11) is -3.50. The van der Waals surface area contributed by atoms with Crippen LogP contribution < -0.4 is 4.83 Å². The van der Waals surface area contributed by atoms with E-state index in [1.165, 1.54) is 6.42 Å². The number of nitrogens with one attached hydrogen (secondary N) is 1. The number of aryl methyl sites for hydroxylation is 1. The summed E-state index contributed by atoms with van der Waals surface area (Å²) in [5.41, 5.74) is 1.03. The minimum Gasteiger partial charge on any atom is -0.200 e. The molecule has 0 saturated heterocycles. The molecule has 1 aliphatic carbocycles. The van der Waals surface area contributed by atoms with Crippen LogP contribution in [0.2, 0.25) is 0 Å². The Kier molecular flexibility index (Phi) is 3.47. The van der Waals surface area contributed by atoms with Crippen molar-refractivity contribution >= 4 is 16.2 Å². The highest BCUT2D eigenvalue weighted by molar-refractivity contribution is 7.89. The Morgan fingerprint density at radius 2 is 1.94 bits per heavy atom. The van der Waals surface area contributed by atoms with Gasteiger partial charge in [-0.15, -0.1) is 0 Å². The van der Waals surface area contributed by atoms with Crippen LogP contribution in [0.3, 0.4) is 0 Å². The van der Waals surface area contributed by atoms with Crippen LogP contribution in [0, 0.1) is 12.8 Å². The molecule has 1 aromatic rings. The largest absolute Gasteiger partial charge is 0.276 e. The van der Waals surface area contributed by atoms with Gasteiger partial charge in [0, 0.05) is 6.21 Å². The van der Waals surface area contributed by atoms with Gasteiger partial charge in [-0.25, -0.2) is 4.83 Å². The zero-order chi connectivity index (χ0) is 12.3. The standard InChI is InChI=1S/C12H16N2O2S/c1-10-5-7-12(8-6-10)17(15,16)14-13-9-11-3-2-4-11/h5-9,11,14H,2-4H2,1H3/b13-9+. The van der Waals surface area contributed by atoms with Crippen molar-refractivity contribution in [3.05, 3.63) is 29.8 Å². The van der Waals surface area contributed by atoms with E-state index < -0.39 is 10.0 Å². The van der Waals surface area contributed by atoms with Crippen LogP contribution in [-0.4, -0.2) is 14.6 Å². The van der Waals surface area contributed by atoms with E-state index in [0.717, 1.165) is 18.4 Å². The zero-order valence-corrected chi connectivity index (χ0v) is 10.6. The molecule has 1 N–H and O–H groups in total. The quantitative estimate of drug-likeness (QED) is 0.658. The Balaban J connectivity index is 2.02. The van der Waals surface area contributed by atoms with Crippen molar-refractivity contribution in [2.45, 2.75) is 31.1 Å². The molecule has 0 heterocycles. The lowest BCUT2D eigenvalue weighted by Crippen LogP contribution is -2.20. The van der Waals surface area contributed by atoms with Gasteiger partial charge in [-0.3, -0.25) is 0 Å². The van der Waals surface area contributed by atoms with Crippen molar-refractivity contribution < 1.29 is 8.42 Å². The van der Waals surface area contributed by atoms with Crippen LogP contribution in [0.15, 0.2) is 34.3 Å². The van der Waals surface area contributed by atoms with Crippen LogP contribution in [0.1, 0.15) is 24.8 Å². The summed E-state index contributed by atoms with van der Waals surface area (Å²) in [5.74, 6) is 0.440. The first-order valence-electron chi connectivity index (χ1n) is 5.69. The Morgan fingerprint density at radius 1 is 1.29 bits per heavy atom. The number of hydrogen-bond acceptors (Lipinski definition) is 3. The van der Waals surface area contributed by atoms with E-state index in [-0.39, 0.29) is 4.90 Å². The first-order valence-corrected chi connectivity index (χ1v) is 7.18. The van der Waals surface area contributed by atoms with Crippen LogP contribution in [0.4, 0.5) is 0 Å². The fourth-order valence-electron chi connectivity index (χ4n) is 1.56. The van der Waals surface area contributed by atoms with Gasteiger partial charge in [-0.2, -0.15) is 13.5 Å². The zero-order valence-electron chi connectivity index (χ0n) is 9.76. The van der Waals surface area contributed by atoms with E-state index in [0.29, 0.717) is 5.92 Å². The first-order chi connectivity index (χ1) is 8.08. The summed E-state index contributed by atoms with van der Waals surface area (Å²) < 4.78 is 23.6. The predicted octanol–water partition coefficient (Wildman–Crippen LogP) is 2.06. The highest BCUT2D eigenvalue weighted by atomic mass is 32.2. The minimum absolute atomic E-state index is 0.244. The second-order valence-electron chi connectivity index (χ2n) is 4.38. The number of benzene rings is 1. The van der Waals surface area contributed by atoms with Crippen molar-refractivity contribution in [2.75, 3.05) is 0 Å². The topological polar surface area (TPSA) is 58.5 Å². The van der Waals surface area contributed by atoms with E-state index in [4.69, 9.17) is 0 Å². The molecule has 1 saturated carbocycles. The van der Waals surface area contributed by atoms with Crippen molar-refractivity contribution in [2.24, 2.45) is 11.0 Å². The van der Waals surface area contributed by atoms with Gasteiger partial charge in [0.1, 0.15) is 0 Å². The first kappa shape index (κ1) is 12.1. The summed E-state index contributed by atoms with van der Waals surface area (Å²) >= 11 is 0. The maximum absolute atomic E-state index is 11.8. The SMILES string of the molecule is Cc1ccc(S(=O)(=O)N/N=C/C2CCC2)cc1. The van der Waals surface area contributed by atoms with E-state index in [9.17, 15) is 8.42 Å². The third-order valence-corrected chi connectivity index (χ3v) is 4.18. The smallest absolute Gasteiger partial charge is 0.200 e. The molecule has 0 aliphatic heterocycles. The highest BCUT2D eigenvalue weighted by Crippen LogP contribution is 2.23. The van der Waals surface area contributed by atoms with Crippen LogP contribution in [0.25, 0.3) is 0 Å². The second kappa shape index (κ2) is 4.87. The molecule has 4 nitrogen and oxygen atoms in total. The summed E-state index contributed by atoms with van der Waals surface area (Å²) in [6, 6.07) is 6.70. The molecule has 0 radical (unpaired) electrons. The Morgan fingerprint density at radius 3 is 2.47 bits per heavy atom.